The molecule has 0 saturated carbocycles. The third-order valence-electron chi connectivity index (χ3n) is 3.19. The van der Waals surface area contributed by atoms with Gasteiger partial charge in [-0.25, -0.2) is 0 Å². The molecule has 1 aromatic heterocycles. The molecule has 0 spiro atoms. The van der Waals surface area contributed by atoms with E-state index in [1.54, 1.807) is 31.2 Å². The number of benzene rings is 1. The second-order valence-electron chi connectivity index (χ2n) is 4.66. The van der Waals surface area contributed by atoms with Crippen LogP contribution in [0.2, 0.25) is 0 Å². The van der Waals surface area contributed by atoms with E-state index < -0.39 is 23.6 Å². The van der Waals surface area contributed by atoms with Gasteiger partial charge in [-0.2, -0.15) is 13.2 Å². The van der Waals surface area contributed by atoms with Crippen molar-refractivity contribution in [3.05, 3.63) is 65.0 Å². The van der Waals surface area contributed by atoms with Crippen molar-refractivity contribution in [1.82, 2.24) is 4.98 Å². The van der Waals surface area contributed by atoms with Crippen molar-refractivity contribution >= 4 is 5.91 Å². The first-order valence-corrected chi connectivity index (χ1v) is 6.18. The average molecular weight is 294 g/mol. The molecule has 1 heterocycles. The number of hydrogen-bond acceptors (Lipinski definition) is 2. The zero-order valence-corrected chi connectivity index (χ0v) is 11.2. The smallest absolute Gasteiger partial charge is 0.369 e. The third kappa shape index (κ3) is 3.21. The van der Waals surface area contributed by atoms with E-state index in [0.29, 0.717) is 5.56 Å². The van der Waals surface area contributed by atoms with Crippen molar-refractivity contribution < 1.29 is 18.0 Å². The van der Waals surface area contributed by atoms with Crippen molar-refractivity contribution in [1.29, 1.82) is 0 Å². The van der Waals surface area contributed by atoms with Crippen molar-refractivity contribution in [2.45, 2.75) is 19.0 Å². The standard InChI is InChI=1S/C15H13F3N2O/c1-9-4-2-3-5-11(9)13(14(19)21)12-8-10(6-7-20-12)15(16,17)18/h2-8,13H,1H3,(H2,19,21). The summed E-state index contributed by atoms with van der Waals surface area (Å²) in [5.74, 6) is -1.75. The lowest BCUT2D eigenvalue weighted by Gasteiger charge is -2.17. The lowest BCUT2D eigenvalue weighted by atomic mass is 9.90. The number of alkyl halides is 3. The summed E-state index contributed by atoms with van der Waals surface area (Å²) in [5, 5.41) is 0. The first-order chi connectivity index (χ1) is 9.80. The predicted molar refractivity (Wildman–Crippen MR) is 71.5 cm³/mol. The van der Waals surface area contributed by atoms with Crippen LogP contribution in [0.5, 0.6) is 0 Å². The molecule has 0 aliphatic heterocycles. The summed E-state index contributed by atoms with van der Waals surface area (Å²) in [4.78, 5) is 15.6. The van der Waals surface area contributed by atoms with Crippen molar-refractivity contribution in [2.24, 2.45) is 5.73 Å². The van der Waals surface area contributed by atoms with E-state index in [9.17, 15) is 18.0 Å². The molecule has 0 aliphatic carbocycles. The van der Waals surface area contributed by atoms with Crippen molar-refractivity contribution in [2.75, 3.05) is 0 Å². The molecule has 1 aromatic carbocycles. The molecule has 1 unspecified atom stereocenters. The Morgan fingerprint density at radius 3 is 2.48 bits per heavy atom. The topological polar surface area (TPSA) is 56.0 Å². The first-order valence-electron chi connectivity index (χ1n) is 6.18. The van der Waals surface area contributed by atoms with Gasteiger partial charge in [0.05, 0.1) is 11.3 Å². The van der Waals surface area contributed by atoms with E-state index in [1.165, 1.54) is 0 Å². The van der Waals surface area contributed by atoms with Crippen LogP contribution in [-0.2, 0) is 11.0 Å². The molecule has 1 atom stereocenters. The van der Waals surface area contributed by atoms with Crippen LogP contribution in [0.3, 0.4) is 0 Å². The zero-order chi connectivity index (χ0) is 15.6. The molecular weight excluding hydrogens is 281 g/mol. The normalized spacial score (nSPS) is 13.0. The highest BCUT2D eigenvalue weighted by Crippen LogP contribution is 2.32. The SMILES string of the molecule is Cc1ccccc1C(C(N)=O)c1cc(C(F)(F)F)ccn1. The third-order valence-corrected chi connectivity index (χ3v) is 3.19. The van der Waals surface area contributed by atoms with Gasteiger partial charge >= 0.3 is 6.18 Å². The molecule has 0 saturated heterocycles. The number of carbonyl (C=O) groups is 1. The maximum atomic E-state index is 12.8. The molecule has 6 heteroatoms. The van der Waals surface area contributed by atoms with E-state index in [1.807, 2.05) is 0 Å². The summed E-state index contributed by atoms with van der Waals surface area (Å²) in [7, 11) is 0. The predicted octanol–water partition coefficient (Wildman–Crippen LogP) is 3.03. The van der Waals surface area contributed by atoms with Crippen LogP contribution in [0, 0.1) is 6.92 Å². The number of primary amides is 1. The Bertz CT molecular complexity index is 668. The van der Waals surface area contributed by atoms with Crippen molar-refractivity contribution in [3.8, 4) is 0 Å². The average Bonchev–Trinajstić information content (AvgIpc) is 2.40. The fraction of sp³-hybridized carbons (Fsp3) is 0.200. The first kappa shape index (κ1) is 15.0. The van der Waals surface area contributed by atoms with Crippen LogP contribution in [0.4, 0.5) is 13.2 Å². The van der Waals surface area contributed by atoms with Crippen molar-refractivity contribution in [3.63, 3.8) is 0 Å². The zero-order valence-electron chi connectivity index (χ0n) is 11.2. The highest BCUT2D eigenvalue weighted by Gasteiger charge is 2.32. The minimum absolute atomic E-state index is 0.00775. The van der Waals surface area contributed by atoms with Gasteiger partial charge in [-0.1, -0.05) is 24.3 Å². The van der Waals surface area contributed by atoms with Gasteiger partial charge in [0, 0.05) is 6.20 Å². The fourth-order valence-corrected chi connectivity index (χ4v) is 2.15. The van der Waals surface area contributed by atoms with Crippen LogP contribution in [0.1, 0.15) is 28.3 Å². The number of nitrogens with two attached hydrogens (primary N) is 1. The minimum Gasteiger partial charge on any atom is -0.369 e. The number of aromatic nitrogens is 1. The van der Waals surface area contributed by atoms with E-state index in [0.717, 1.165) is 23.9 Å². The van der Waals surface area contributed by atoms with E-state index in [2.05, 4.69) is 4.98 Å². The quantitative estimate of drug-likeness (QED) is 0.946. The summed E-state index contributed by atoms with van der Waals surface area (Å²) in [6.45, 7) is 1.76. The minimum atomic E-state index is -4.49. The Kier molecular flexibility index (Phi) is 3.97. The number of hydrogen-bond donors (Lipinski definition) is 1. The van der Waals surface area contributed by atoms with Gasteiger partial charge in [-0.05, 0) is 30.2 Å². The Labute approximate surface area is 119 Å². The number of pyridine rings is 1. The van der Waals surface area contributed by atoms with Gasteiger partial charge in [0.2, 0.25) is 5.91 Å². The van der Waals surface area contributed by atoms with Crippen LogP contribution < -0.4 is 5.73 Å². The van der Waals surface area contributed by atoms with Crippen LogP contribution in [0.25, 0.3) is 0 Å². The Hall–Kier alpha value is -2.37. The molecule has 3 nitrogen and oxygen atoms in total. The van der Waals surface area contributed by atoms with Gasteiger partial charge in [-0.3, -0.25) is 9.78 Å². The number of amides is 1. The maximum Gasteiger partial charge on any atom is 0.416 e. The summed E-state index contributed by atoms with van der Waals surface area (Å²) in [5.41, 5.74) is 5.82. The number of aryl methyl sites for hydroxylation is 1. The lowest BCUT2D eigenvalue weighted by molar-refractivity contribution is -0.137. The molecule has 0 radical (unpaired) electrons. The van der Waals surface area contributed by atoms with Gasteiger partial charge in [0.1, 0.15) is 5.92 Å². The Balaban J connectivity index is 2.55. The molecular formula is C15H13F3N2O. The Morgan fingerprint density at radius 1 is 1.24 bits per heavy atom. The number of nitrogens with zero attached hydrogens (tertiary/aromatic N) is 1. The summed E-state index contributed by atoms with van der Waals surface area (Å²) < 4.78 is 38.3. The summed E-state index contributed by atoms with van der Waals surface area (Å²) >= 11 is 0. The number of rotatable bonds is 3. The maximum absolute atomic E-state index is 12.8. The van der Waals surface area contributed by atoms with Crippen LogP contribution in [-0.4, -0.2) is 10.9 Å². The van der Waals surface area contributed by atoms with Gasteiger partial charge in [0.25, 0.3) is 0 Å². The number of halogens is 3. The second kappa shape index (κ2) is 5.55. The van der Waals surface area contributed by atoms with E-state index >= 15 is 0 Å². The monoisotopic (exact) mass is 294 g/mol. The molecule has 1 amide bonds. The fourth-order valence-electron chi connectivity index (χ4n) is 2.15. The molecule has 2 N–H and O–H groups in total. The molecule has 2 aromatic rings. The molecule has 21 heavy (non-hydrogen) atoms. The lowest BCUT2D eigenvalue weighted by Crippen LogP contribution is -2.24. The molecule has 110 valence electrons. The summed E-state index contributed by atoms with van der Waals surface area (Å²) in [6.07, 6.45) is -3.46. The van der Waals surface area contributed by atoms with E-state index in [-0.39, 0.29) is 5.69 Å². The highest BCUT2D eigenvalue weighted by molar-refractivity contribution is 5.85. The molecule has 0 bridgehead atoms. The Morgan fingerprint density at radius 2 is 1.90 bits per heavy atom. The van der Waals surface area contributed by atoms with Crippen LogP contribution >= 0.6 is 0 Å². The second-order valence-corrected chi connectivity index (χ2v) is 4.66. The van der Waals surface area contributed by atoms with Gasteiger partial charge in [0.15, 0.2) is 0 Å². The van der Waals surface area contributed by atoms with Gasteiger partial charge < -0.3 is 5.73 Å². The molecule has 0 fully saturated rings. The van der Waals surface area contributed by atoms with Crippen LogP contribution in [0.15, 0.2) is 42.6 Å². The largest absolute Gasteiger partial charge is 0.416 e. The highest BCUT2D eigenvalue weighted by atomic mass is 19.4. The number of carbonyl (C=O) groups excluding carboxylic acids is 1. The molecule has 0 aliphatic rings. The molecule has 2 rings (SSSR count). The van der Waals surface area contributed by atoms with Gasteiger partial charge in [-0.15, -0.1) is 0 Å². The van der Waals surface area contributed by atoms with E-state index in [4.69, 9.17) is 5.73 Å². The summed E-state index contributed by atoms with van der Waals surface area (Å²) in [6, 6.07) is 8.62.